The van der Waals surface area contributed by atoms with Gasteiger partial charge in [-0.05, 0) is 49.1 Å². The molecule has 51 heavy (non-hydrogen) atoms. The zero-order chi connectivity index (χ0) is 38.0. The molecule has 1 aromatic rings. The first-order valence-corrected chi connectivity index (χ1v) is 18.3. The second-order valence-corrected chi connectivity index (χ2v) is 15.0. The minimum atomic E-state index is -1.13. The highest BCUT2D eigenvalue weighted by Gasteiger charge is 2.56. The number of methoxy groups -OCH3 is 2. The fraction of sp³-hybridized carbons (Fsp3) is 0.711. The van der Waals surface area contributed by atoms with Crippen molar-refractivity contribution >= 4 is 29.6 Å². The maximum Gasteiger partial charge on any atom is 0.326 e. The van der Waals surface area contributed by atoms with Crippen LogP contribution in [0.15, 0.2) is 30.3 Å². The molecule has 2 aliphatic rings. The third-order valence-electron chi connectivity index (χ3n) is 11.1. The molecule has 1 aromatic carbocycles. The summed E-state index contributed by atoms with van der Waals surface area (Å²) in [5.41, 5.74) is 0.758. The largest absolute Gasteiger partial charge is 0.480 e. The van der Waals surface area contributed by atoms with Crippen molar-refractivity contribution in [2.24, 2.45) is 23.2 Å². The van der Waals surface area contributed by atoms with Crippen molar-refractivity contribution in [3.8, 4) is 0 Å². The van der Waals surface area contributed by atoms with E-state index in [1.807, 2.05) is 62.9 Å². The van der Waals surface area contributed by atoms with E-state index >= 15 is 0 Å². The summed E-state index contributed by atoms with van der Waals surface area (Å²) in [6.07, 6.45) is 2.18. The zero-order valence-corrected chi connectivity index (χ0v) is 31.9. The van der Waals surface area contributed by atoms with Crippen molar-refractivity contribution in [3.63, 3.8) is 0 Å². The van der Waals surface area contributed by atoms with Gasteiger partial charge in [0.1, 0.15) is 6.04 Å². The Bertz CT molecular complexity index is 1340. The topological polar surface area (TPSA) is 167 Å². The molecule has 1 aliphatic carbocycles. The predicted molar refractivity (Wildman–Crippen MR) is 194 cm³/mol. The molecule has 13 nitrogen and oxygen atoms in total. The van der Waals surface area contributed by atoms with E-state index in [0.29, 0.717) is 13.0 Å². The summed E-state index contributed by atoms with van der Waals surface area (Å²) in [4.78, 5) is 69.5. The molecule has 1 aliphatic heterocycles. The van der Waals surface area contributed by atoms with Crippen LogP contribution in [0.4, 0.5) is 0 Å². The molecule has 3 rings (SSSR count). The molecular formula is C38H61N5O8. The molecule has 2 fully saturated rings. The van der Waals surface area contributed by atoms with Crippen LogP contribution in [0.1, 0.15) is 72.3 Å². The van der Waals surface area contributed by atoms with E-state index in [0.717, 1.165) is 24.8 Å². The Morgan fingerprint density at radius 1 is 1.02 bits per heavy atom. The number of carbonyl (C=O) groups excluding carboxylic acids is 4. The van der Waals surface area contributed by atoms with Crippen LogP contribution in [0, 0.1) is 23.2 Å². The first-order chi connectivity index (χ1) is 24.1. The number of hydrogen-bond donors (Lipinski definition) is 4. The SMILES string of the molecule is CC[C@H](C)[C@@H]([C@@H](CC(=O)N1CC2(CC2)C[C@H]1[C@H](OC)[C@@H](C)C(=O)N[C@@H](Cc1ccccc1)C(=O)O)OC)N(C)C(=O)CNC(=O)[C@@H](NC)C(C)C. The number of nitrogens with zero attached hydrogens (tertiary/aromatic N) is 2. The van der Waals surface area contributed by atoms with Gasteiger partial charge in [0.05, 0.1) is 49.2 Å². The highest BCUT2D eigenvalue weighted by molar-refractivity contribution is 5.88. The number of likely N-dealkylation sites (N-methyl/N-ethyl adjacent to an activating group) is 2. The predicted octanol–water partition coefficient (Wildman–Crippen LogP) is 2.47. The van der Waals surface area contributed by atoms with Gasteiger partial charge in [0, 0.05) is 34.2 Å². The van der Waals surface area contributed by atoms with Gasteiger partial charge < -0.3 is 40.3 Å². The number of benzene rings is 1. The molecule has 13 heteroatoms. The number of hydrogen-bond acceptors (Lipinski definition) is 8. The Labute approximate surface area is 303 Å². The number of aliphatic carboxylic acids is 1. The number of carboxylic acid groups (broad SMARTS) is 1. The molecule has 4 amide bonds. The number of ether oxygens (including phenoxy) is 2. The van der Waals surface area contributed by atoms with Gasteiger partial charge in [0.2, 0.25) is 23.6 Å². The molecule has 0 aromatic heterocycles. The fourth-order valence-corrected chi connectivity index (χ4v) is 7.60. The van der Waals surface area contributed by atoms with Gasteiger partial charge in [0.15, 0.2) is 0 Å². The molecule has 0 radical (unpaired) electrons. The Hall–Kier alpha value is -3.55. The van der Waals surface area contributed by atoms with Gasteiger partial charge in [-0.1, -0.05) is 71.4 Å². The Kier molecular flexibility index (Phi) is 15.4. The zero-order valence-electron chi connectivity index (χ0n) is 31.9. The highest BCUT2D eigenvalue weighted by atomic mass is 16.5. The monoisotopic (exact) mass is 715 g/mol. The number of amides is 4. The summed E-state index contributed by atoms with van der Waals surface area (Å²) >= 11 is 0. The summed E-state index contributed by atoms with van der Waals surface area (Å²) in [6.45, 7) is 9.94. The van der Waals surface area contributed by atoms with Gasteiger partial charge in [-0.25, -0.2) is 4.79 Å². The van der Waals surface area contributed by atoms with Crippen LogP contribution in [-0.4, -0.2) is 122 Å². The average molecular weight is 716 g/mol. The minimum absolute atomic E-state index is 0.00637. The smallest absolute Gasteiger partial charge is 0.326 e. The maximum atomic E-state index is 14.3. The molecule has 8 atom stereocenters. The first-order valence-electron chi connectivity index (χ1n) is 18.3. The van der Waals surface area contributed by atoms with Crippen LogP contribution in [-0.2, 0) is 39.9 Å². The lowest BCUT2D eigenvalue weighted by Gasteiger charge is -2.39. The third-order valence-corrected chi connectivity index (χ3v) is 11.1. The minimum Gasteiger partial charge on any atom is -0.480 e. The highest BCUT2D eigenvalue weighted by Crippen LogP contribution is 2.56. The molecule has 1 saturated carbocycles. The van der Waals surface area contributed by atoms with Gasteiger partial charge in [-0.3, -0.25) is 19.2 Å². The Morgan fingerprint density at radius 2 is 1.67 bits per heavy atom. The van der Waals surface area contributed by atoms with Gasteiger partial charge in [-0.15, -0.1) is 0 Å². The quantitative estimate of drug-likeness (QED) is 0.159. The molecule has 0 unspecified atom stereocenters. The molecule has 4 N–H and O–H groups in total. The van der Waals surface area contributed by atoms with Crippen LogP contribution in [0.25, 0.3) is 0 Å². The first kappa shape index (κ1) is 41.9. The molecule has 1 spiro atoms. The number of carbonyl (C=O) groups is 5. The molecule has 286 valence electrons. The van der Waals surface area contributed by atoms with Crippen molar-refractivity contribution in [2.45, 2.75) is 110 Å². The lowest BCUT2D eigenvalue weighted by molar-refractivity contribution is -0.147. The maximum absolute atomic E-state index is 14.3. The second-order valence-electron chi connectivity index (χ2n) is 15.0. The van der Waals surface area contributed by atoms with Gasteiger partial charge >= 0.3 is 5.97 Å². The van der Waals surface area contributed by atoms with E-state index in [-0.39, 0.29) is 54.4 Å². The second kappa shape index (κ2) is 18.8. The Balaban J connectivity index is 1.76. The number of nitrogens with one attached hydrogen (secondary N) is 3. The van der Waals surface area contributed by atoms with Crippen molar-refractivity contribution in [1.82, 2.24) is 25.8 Å². The lowest BCUT2D eigenvalue weighted by Crippen LogP contribution is -2.55. The van der Waals surface area contributed by atoms with E-state index in [2.05, 4.69) is 16.0 Å². The number of likely N-dealkylation sites (tertiary alicyclic amines) is 1. The van der Waals surface area contributed by atoms with Crippen molar-refractivity contribution < 1.29 is 38.6 Å². The summed E-state index contributed by atoms with van der Waals surface area (Å²) in [6, 6.07) is 6.72. The molecular weight excluding hydrogens is 654 g/mol. The van der Waals surface area contributed by atoms with Crippen molar-refractivity contribution in [2.75, 3.05) is 41.4 Å². The fourth-order valence-electron chi connectivity index (χ4n) is 7.60. The summed E-state index contributed by atoms with van der Waals surface area (Å²) in [7, 11) is 6.45. The standard InChI is InChI=1S/C38H61N5O8/c1-10-24(4)33(42(7)31(45)21-40-36(47)32(39-6)23(2)3)29(50-8)19-30(44)43-22-38(16-17-38)20-28(43)34(51-9)25(5)35(46)41-27(37(48)49)18-26-14-12-11-13-15-26/h11-15,23-25,27-29,32-34,39H,10,16-22H2,1-9H3,(H,40,47)(H,41,46)(H,48,49)/t24-,25+,27-,28-,29+,32-,33-,34+/m0/s1. The van der Waals surface area contributed by atoms with E-state index in [4.69, 9.17) is 9.47 Å². The number of carboxylic acids is 1. The lowest BCUT2D eigenvalue weighted by atomic mass is 9.90. The van der Waals surface area contributed by atoms with Crippen LogP contribution in [0.3, 0.4) is 0 Å². The number of rotatable bonds is 20. The Morgan fingerprint density at radius 3 is 2.18 bits per heavy atom. The van der Waals surface area contributed by atoms with E-state index in [9.17, 15) is 29.1 Å². The normalized spacial score (nSPS) is 20.5. The third kappa shape index (κ3) is 10.7. The van der Waals surface area contributed by atoms with Gasteiger partial charge in [0.25, 0.3) is 0 Å². The van der Waals surface area contributed by atoms with Crippen LogP contribution in [0.2, 0.25) is 0 Å². The van der Waals surface area contributed by atoms with Crippen LogP contribution >= 0.6 is 0 Å². The summed E-state index contributed by atoms with van der Waals surface area (Å²) in [5, 5.41) is 18.3. The molecule has 1 saturated heterocycles. The van der Waals surface area contributed by atoms with Crippen LogP contribution in [0.5, 0.6) is 0 Å². The van der Waals surface area contributed by atoms with E-state index in [1.165, 1.54) is 14.2 Å². The van der Waals surface area contributed by atoms with E-state index < -0.39 is 54.2 Å². The summed E-state index contributed by atoms with van der Waals surface area (Å²) < 4.78 is 11.9. The molecule has 1 heterocycles. The summed E-state index contributed by atoms with van der Waals surface area (Å²) in [5.74, 6) is -3.02. The van der Waals surface area contributed by atoms with Crippen molar-refractivity contribution in [3.05, 3.63) is 35.9 Å². The van der Waals surface area contributed by atoms with Crippen molar-refractivity contribution in [1.29, 1.82) is 0 Å². The van der Waals surface area contributed by atoms with E-state index in [1.54, 1.807) is 25.9 Å². The molecule has 0 bridgehead atoms. The average Bonchev–Trinajstić information content (AvgIpc) is 3.76. The van der Waals surface area contributed by atoms with Gasteiger partial charge in [-0.2, -0.15) is 0 Å². The van der Waals surface area contributed by atoms with Crippen LogP contribution < -0.4 is 16.0 Å².